The van der Waals surface area contributed by atoms with E-state index < -0.39 is 0 Å². The molecule has 3 rings (SSSR count). The largest absolute Gasteiger partial charge is 0.366 e. The first-order valence-corrected chi connectivity index (χ1v) is 8.51. The van der Waals surface area contributed by atoms with Crippen molar-refractivity contribution in [2.45, 2.75) is 64.8 Å². The maximum absolute atomic E-state index is 4.79. The molecular weight excluding hydrogens is 258 g/mol. The molecule has 1 fully saturated rings. The molecule has 3 nitrogen and oxygen atoms in total. The molecule has 1 N–H and O–H groups in total. The Morgan fingerprint density at radius 1 is 1.14 bits per heavy atom. The Kier molecular flexibility index (Phi) is 4.57. The van der Waals surface area contributed by atoms with E-state index in [4.69, 9.17) is 4.98 Å². The van der Waals surface area contributed by atoms with Crippen molar-refractivity contribution in [3.8, 4) is 0 Å². The Hall–Kier alpha value is -1.38. The number of nitrogens with one attached hydrogen (secondary N) is 1. The van der Waals surface area contributed by atoms with Crippen LogP contribution in [0.5, 0.6) is 0 Å². The molecule has 21 heavy (non-hydrogen) atoms. The second-order valence-corrected chi connectivity index (χ2v) is 6.84. The number of aromatic nitrogens is 2. The number of allylic oxidation sites excluding steroid dienone is 1. The van der Waals surface area contributed by atoms with E-state index in [1.165, 1.54) is 32.1 Å². The van der Waals surface area contributed by atoms with Gasteiger partial charge < -0.3 is 5.32 Å². The fourth-order valence-corrected chi connectivity index (χ4v) is 3.46. The summed E-state index contributed by atoms with van der Waals surface area (Å²) in [5.41, 5.74) is 2.22. The highest BCUT2D eigenvalue weighted by atomic mass is 15.0. The predicted molar refractivity (Wildman–Crippen MR) is 88.2 cm³/mol. The predicted octanol–water partition coefficient (Wildman–Crippen LogP) is 4.45. The number of aryl methyl sites for hydroxylation is 1. The monoisotopic (exact) mass is 285 g/mol. The summed E-state index contributed by atoms with van der Waals surface area (Å²) in [5.74, 6) is 2.60. The molecule has 1 aromatic rings. The summed E-state index contributed by atoms with van der Waals surface area (Å²) in [7, 11) is 0. The molecule has 114 valence electrons. The lowest BCUT2D eigenvalue weighted by atomic mass is 9.79. The highest BCUT2D eigenvalue weighted by Crippen LogP contribution is 2.30. The molecule has 0 amide bonds. The molecule has 1 heterocycles. The third kappa shape index (κ3) is 3.63. The van der Waals surface area contributed by atoms with Crippen LogP contribution >= 0.6 is 0 Å². The van der Waals surface area contributed by atoms with Crippen molar-refractivity contribution >= 4 is 11.9 Å². The van der Waals surface area contributed by atoms with Gasteiger partial charge in [0.25, 0.3) is 0 Å². The van der Waals surface area contributed by atoms with Crippen molar-refractivity contribution in [3.63, 3.8) is 0 Å². The first kappa shape index (κ1) is 14.6. The number of rotatable bonds is 2. The highest BCUT2D eigenvalue weighted by Gasteiger charge is 2.24. The van der Waals surface area contributed by atoms with Crippen LogP contribution < -0.4 is 5.32 Å². The van der Waals surface area contributed by atoms with Crippen molar-refractivity contribution in [3.05, 3.63) is 23.7 Å². The van der Waals surface area contributed by atoms with Crippen LogP contribution in [0.25, 0.3) is 6.08 Å². The van der Waals surface area contributed by atoms with Crippen LogP contribution in [0.1, 0.15) is 63.8 Å². The second-order valence-electron chi connectivity index (χ2n) is 6.84. The molecular formula is C18H27N3. The lowest BCUT2D eigenvalue weighted by molar-refractivity contribution is 0.260. The van der Waals surface area contributed by atoms with Gasteiger partial charge in [0.05, 0.1) is 17.6 Å². The Morgan fingerprint density at radius 3 is 2.90 bits per heavy atom. The Bertz CT molecular complexity index is 509. The third-order valence-corrected chi connectivity index (χ3v) is 5.14. The molecule has 1 aromatic heterocycles. The van der Waals surface area contributed by atoms with E-state index in [9.17, 15) is 0 Å². The van der Waals surface area contributed by atoms with E-state index in [1.807, 2.05) is 6.20 Å². The van der Waals surface area contributed by atoms with Crippen LogP contribution in [0, 0.1) is 11.8 Å². The third-order valence-electron chi connectivity index (χ3n) is 5.14. The maximum atomic E-state index is 4.79. The van der Waals surface area contributed by atoms with Crippen LogP contribution in [0.3, 0.4) is 0 Å². The summed E-state index contributed by atoms with van der Waals surface area (Å²) < 4.78 is 0. The van der Waals surface area contributed by atoms with Gasteiger partial charge in [-0.3, -0.25) is 4.98 Å². The molecule has 3 heteroatoms. The average Bonchev–Trinajstić information content (AvgIpc) is 2.44. The normalized spacial score (nSPS) is 29.3. The summed E-state index contributed by atoms with van der Waals surface area (Å²) in [6.45, 7) is 4.74. The molecule has 2 aliphatic carbocycles. The molecule has 0 aliphatic heterocycles. The quantitative estimate of drug-likeness (QED) is 0.872. The average molecular weight is 285 g/mol. The van der Waals surface area contributed by atoms with Gasteiger partial charge in [-0.25, -0.2) is 4.98 Å². The van der Waals surface area contributed by atoms with Gasteiger partial charge >= 0.3 is 0 Å². The van der Waals surface area contributed by atoms with Crippen LogP contribution in [0.2, 0.25) is 0 Å². The van der Waals surface area contributed by atoms with Crippen molar-refractivity contribution in [1.29, 1.82) is 0 Å². The topological polar surface area (TPSA) is 37.8 Å². The first-order chi connectivity index (χ1) is 10.2. The first-order valence-electron chi connectivity index (χ1n) is 8.51. The highest BCUT2D eigenvalue weighted by molar-refractivity contribution is 5.51. The van der Waals surface area contributed by atoms with E-state index in [-0.39, 0.29) is 0 Å². The van der Waals surface area contributed by atoms with Gasteiger partial charge in [0.15, 0.2) is 0 Å². The van der Waals surface area contributed by atoms with Gasteiger partial charge in [0, 0.05) is 6.04 Å². The van der Waals surface area contributed by atoms with Crippen molar-refractivity contribution in [2.75, 3.05) is 5.32 Å². The van der Waals surface area contributed by atoms with Gasteiger partial charge in [0.2, 0.25) is 0 Å². The van der Waals surface area contributed by atoms with Crippen LogP contribution in [-0.4, -0.2) is 16.0 Å². The number of hydrogen-bond acceptors (Lipinski definition) is 3. The minimum atomic E-state index is 0.557. The fraction of sp³-hybridized carbons (Fsp3) is 0.667. The zero-order valence-corrected chi connectivity index (χ0v) is 13.3. The molecule has 0 aromatic carbocycles. The van der Waals surface area contributed by atoms with E-state index in [0.717, 1.165) is 41.9 Å². The number of hydrogen-bond donors (Lipinski definition) is 1. The lowest BCUT2D eigenvalue weighted by Crippen LogP contribution is -2.30. The standard InChI is InChI=1S/C18H27N3/c1-13-9-10-15(11-14(13)2)20-18-12-19-16-7-5-3-4-6-8-17(16)21-18/h6,8,12-15H,3-5,7,9-11H2,1-2H3,(H,20,21). The molecule has 0 bridgehead atoms. The van der Waals surface area contributed by atoms with Crippen molar-refractivity contribution < 1.29 is 0 Å². The summed E-state index contributed by atoms with van der Waals surface area (Å²) in [4.78, 5) is 9.44. The summed E-state index contributed by atoms with van der Waals surface area (Å²) in [6, 6.07) is 0.557. The number of fused-ring (bicyclic) bond motifs is 1. The van der Waals surface area contributed by atoms with Crippen LogP contribution in [-0.2, 0) is 6.42 Å². The van der Waals surface area contributed by atoms with Gasteiger partial charge in [-0.05, 0) is 62.9 Å². The van der Waals surface area contributed by atoms with Crippen molar-refractivity contribution in [1.82, 2.24) is 9.97 Å². The summed E-state index contributed by atoms with van der Waals surface area (Å²) in [6.07, 6.45) is 14.8. The van der Waals surface area contributed by atoms with E-state index >= 15 is 0 Å². The molecule has 0 saturated heterocycles. The minimum absolute atomic E-state index is 0.557. The molecule has 1 saturated carbocycles. The van der Waals surface area contributed by atoms with E-state index in [1.54, 1.807) is 0 Å². The Balaban J connectivity index is 1.70. The molecule has 3 atom stereocenters. The molecule has 0 radical (unpaired) electrons. The van der Waals surface area contributed by atoms with Gasteiger partial charge in [0.1, 0.15) is 5.82 Å². The SMILES string of the molecule is CC1CCC(Nc2cnc3c(n2)C=CCCCC3)CC1C. The Labute approximate surface area is 128 Å². The van der Waals surface area contributed by atoms with E-state index in [0.29, 0.717) is 6.04 Å². The number of nitrogens with zero attached hydrogens (tertiary/aromatic N) is 2. The van der Waals surface area contributed by atoms with Gasteiger partial charge in [-0.1, -0.05) is 19.9 Å². The number of anilines is 1. The molecule has 2 aliphatic rings. The zero-order chi connectivity index (χ0) is 14.7. The molecule has 3 unspecified atom stereocenters. The van der Waals surface area contributed by atoms with Gasteiger partial charge in [-0.15, -0.1) is 0 Å². The Morgan fingerprint density at radius 2 is 2.05 bits per heavy atom. The maximum Gasteiger partial charge on any atom is 0.145 e. The zero-order valence-electron chi connectivity index (χ0n) is 13.3. The van der Waals surface area contributed by atoms with E-state index in [2.05, 4.69) is 36.3 Å². The lowest BCUT2D eigenvalue weighted by Gasteiger charge is -2.32. The second kappa shape index (κ2) is 6.59. The van der Waals surface area contributed by atoms with Crippen LogP contribution in [0.4, 0.5) is 5.82 Å². The van der Waals surface area contributed by atoms with Crippen molar-refractivity contribution in [2.24, 2.45) is 11.8 Å². The minimum Gasteiger partial charge on any atom is -0.366 e. The summed E-state index contributed by atoms with van der Waals surface area (Å²) in [5, 5.41) is 3.61. The smallest absolute Gasteiger partial charge is 0.145 e. The summed E-state index contributed by atoms with van der Waals surface area (Å²) >= 11 is 0. The van der Waals surface area contributed by atoms with Crippen LogP contribution in [0.15, 0.2) is 12.3 Å². The molecule has 0 spiro atoms. The fourth-order valence-electron chi connectivity index (χ4n) is 3.46. The van der Waals surface area contributed by atoms with Gasteiger partial charge in [-0.2, -0.15) is 0 Å².